The highest BCUT2D eigenvalue weighted by molar-refractivity contribution is 7.12. The highest BCUT2D eigenvalue weighted by Gasteiger charge is 2.13. The highest BCUT2D eigenvalue weighted by Crippen LogP contribution is 2.10. The molecule has 0 bridgehead atoms. The van der Waals surface area contributed by atoms with Gasteiger partial charge in [-0.3, -0.25) is 14.5 Å². The number of benzene rings is 1. The molecule has 1 aromatic heterocycles. The molecule has 0 radical (unpaired) electrons. The normalized spacial score (nSPS) is 15.2. The van der Waals surface area contributed by atoms with Crippen molar-refractivity contribution < 1.29 is 9.59 Å². The molecule has 6 nitrogen and oxygen atoms in total. The van der Waals surface area contributed by atoms with Crippen molar-refractivity contribution in [3.8, 4) is 0 Å². The van der Waals surface area contributed by atoms with E-state index in [2.05, 4.69) is 51.7 Å². The average Bonchev–Trinajstić information content (AvgIpc) is 3.27. The molecule has 1 aliphatic heterocycles. The van der Waals surface area contributed by atoms with Crippen molar-refractivity contribution in [3.05, 3.63) is 57.8 Å². The molecule has 0 saturated carbocycles. The third kappa shape index (κ3) is 7.27. The summed E-state index contributed by atoms with van der Waals surface area (Å²) in [7, 11) is 2.17. The molecule has 29 heavy (non-hydrogen) atoms. The van der Waals surface area contributed by atoms with Crippen molar-refractivity contribution in [3.63, 3.8) is 0 Å². The Morgan fingerprint density at radius 3 is 2.41 bits per heavy atom. The van der Waals surface area contributed by atoms with E-state index in [0.717, 1.165) is 38.3 Å². The first-order valence-corrected chi connectivity index (χ1v) is 11.1. The minimum absolute atomic E-state index is 0.0110. The Kier molecular flexibility index (Phi) is 8.22. The largest absolute Gasteiger partial charge is 0.352 e. The summed E-state index contributed by atoms with van der Waals surface area (Å²) >= 11 is 1.42. The van der Waals surface area contributed by atoms with E-state index in [1.807, 2.05) is 11.4 Å². The summed E-state index contributed by atoms with van der Waals surface area (Å²) in [5.41, 5.74) is 2.41. The summed E-state index contributed by atoms with van der Waals surface area (Å²) in [5.74, 6) is -0.0612. The maximum atomic E-state index is 12.0. The molecular weight excluding hydrogens is 384 g/mol. The van der Waals surface area contributed by atoms with Gasteiger partial charge in [-0.25, -0.2) is 0 Å². The van der Waals surface area contributed by atoms with Gasteiger partial charge in [-0.05, 0) is 36.0 Å². The van der Waals surface area contributed by atoms with Crippen LogP contribution in [0.15, 0.2) is 41.8 Å². The zero-order valence-electron chi connectivity index (χ0n) is 17.0. The van der Waals surface area contributed by atoms with Crippen molar-refractivity contribution in [2.75, 3.05) is 39.8 Å². The lowest BCUT2D eigenvalue weighted by atomic mass is 10.1. The number of rotatable bonds is 9. The van der Waals surface area contributed by atoms with Gasteiger partial charge in [0.1, 0.15) is 0 Å². The van der Waals surface area contributed by atoms with Crippen LogP contribution in [0.1, 0.15) is 33.6 Å². The second-order valence-corrected chi connectivity index (χ2v) is 8.46. The summed E-state index contributed by atoms with van der Waals surface area (Å²) in [6.45, 7) is 6.51. The fraction of sp³-hybridized carbons (Fsp3) is 0.455. The fourth-order valence-corrected chi connectivity index (χ4v) is 3.90. The third-order valence-corrected chi connectivity index (χ3v) is 5.99. The fourth-order valence-electron chi connectivity index (χ4n) is 3.26. The maximum Gasteiger partial charge on any atom is 0.261 e. The minimum atomic E-state index is -0.0722. The van der Waals surface area contributed by atoms with Gasteiger partial charge in [-0.1, -0.05) is 30.3 Å². The zero-order chi connectivity index (χ0) is 20.5. The smallest absolute Gasteiger partial charge is 0.261 e. The van der Waals surface area contributed by atoms with Gasteiger partial charge < -0.3 is 15.5 Å². The van der Waals surface area contributed by atoms with E-state index in [-0.39, 0.29) is 11.8 Å². The summed E-state index contributed by atoms with van der Waals surface area (Å²) in [4.78, 5) is 29.4. The summed E-state index contributed by atoms with van der Waals surface area (Å²) in [6.07, 6.45) is 1.04. The molecule has 1 aromatic carbocycles. The first kappa shape index (κ1) is 21.5. The molecule has 2 N–H and O–H groups in total. The van der Waals surface area contributed by atoms with Crippen molar-refractivity contribution in [2.45, 2.75) is 25.9 Å². The molecule has 0 aliphatic carbocycles. The van der Waals surface area contributed by atoms with E-state index in [1.54, 1.807) is 6.07 Å². The van der Waals surface area contributed by atoms with Crippen LogP contribution in [-0.4, -0.2) is 61.4 Å². The molecule has 3 rings (SSSR count). The number of carbonyl (C=O) groups excluding carboxylic acids is 2. The molecule has 7 heteroatoms. The van der Waals surface area contributed by atoms with Crippen molar-refractivity contribution in [1.82, 2.24) is 20.4 Å². The molecule has 0 atom stereocenters. The number of carbonyl (C=O) groups is 2. The average molecular weight is 415 g/mol. The monoisotopic (exact) mass is 414 g/mol. The van der Waals surface area contributed by atoms with Gasteiger partial charge in [-0.2, -0.15) is 0 Å². The van der Waals surface area contributed by atoms with Crippen LogP contribution in [0.5, 0.6) is 0 Å². The molecule has 1 aliphatic rings. The Hall–Kier alpha value is -2.22. The van der Waals surface area contributed by atoms with Gasteiger partial charge in [0.15, 0.2) is 0 Å². The van der Waals surface area contributed by atoms with Gasteiger partial charge in [0.05, 0.1) is 4.88 Å². The Morgan fingerprint density at radius 1 is 1.00 bits per heavy atom. The number of nitrogens with one attached hydrogen (secondary N) is 2. The predicted molar refractivity (Wildman–Crippen MR) is 117 cm³/mol. The zero-order valence-corrected chi connectivity index (χ0v) is 17.8. The number of likely N-dealkylation sites (N-methyl/N-ethyl adjacent to an activating group) is 1. The van der Waals surface area contributed by atoms with Crippen LogP contribution in [0.25, 0.3) is 0 Å². The van der Waals surface area contributed by atoms with Crippen LogP contribution >= 0.6 is 11.3 Å². The number of piperazine rings is 1. The van der Waals surface area contributed by atoms with Gasteiger partial charge in [0.2, 0.25) is 5.91 Å². The van der Waals surface area contributed by atoms with E-state index < -0.39 is 0 Å². The molecule has 0 spiro atoms. The summed E-state index contributed by atoms with van der Waals surface area (Å²) in [5, 5.41) is 7.67. The van der Waals surface area contributed by atoms with Gasteiger partial charge in [-0.15, -0.1) is 11.3 Å². The van der Waals surface area contributed by atoms with E-state index in [1.165, 1.54) is 16.9 Å². The van der Waals surface area contributed by atoms with Crippen LogP contribution in [-0.2, 0) is 17.9 Å². The third-order valence-electron chi connectivity index (χ3n) is 5.13. The predicted octanol–water partition coefficient (Wildman–Crippen LogP) is 2.32. The van der Waals surface area contributed by atoms with Crippen LogP contribution in [0, 0.1) is 0 Å². The topological polar surface area (TPSA) is 64.7 Å². The Bertz CT molecular complexity index is 769. The lowest BCUT2D eigenvalue weighted by molar-refractivity contribution is -0.121. The molecule has 2 aromatic rings. The molecule has 1 fully saturated rings. The summed E-state index contributed by atoms with van der Waals surface area (Å²) in [6, 6.07) is 12.1. The summed E-state index contributed by atoms with van der Waals surface area (Å²) < 4.78 is 0. The highest BCUT2D eigenvalue weighted by atomic mass is 32.1. The maximum absolute atomic E-state index is 12.0. The molecule has 1 saturated heterocycles. The van der Waals surface area contributed by atoms with E-state index in [0.29, 0.717) is 30.8 Å². The Labute approximate surface area is 176 Å². The second kappa shape index (κ2) is 11.1. The van der Waals surface area contributed by atoms with E-state index in [9.17, 15) is 9.59 Å². The number of thiophene rings is 1. The van der Waals surface area contributed by atoms with Crippen molar-refractivity contribution in [2.24, 2.45) is 0 Å². The van der Waals surface area contributed by atoms with Crippen molar-refractivity contribution >= 4 is 23.2 Å². The van der Waals surface area contributed by atoms with Crippen molar-refractivity contribution in [1.29, 1.82) is 0 Å². The molecule has 0 unspecified atom stereocenters. The molecule has 2 amide bonds. The van der Waals surface area contributed by atoms with Gasteiger partial charge in [0.25, 0.3) is 5.91 Å². The quantitative estimate of drug-likeness (QED) is 0.618. The first-order chi connectivity index (χ1) is 14.1. The lowest BCUT2D eigenvalue weighted by Crippen LogP contribution is -2.43. The van der Waals surface area contributed by atoms with Crippen LogP contribution in [0.4, 0.5) is 0 Å². The standard InChI is InChI=1S/C22H30N4O2S/c1-25-11-13-26(14-12-25)17-19-8-6-18(7-9-19)16-24-21(27)5-2-10-23-22(28)20-4-3-15-29-20/h3-4,6-9,15H,2,5,10-14,16-17H2,1H3,(H,23,28)(H,24,27). The molecular formula is C22H30N4O2S. The second-order valence-electron chi connectivity index (χ2n) is 7.51. The van der Waals surface area contributed by atoms with Crippen LogP contribution in [0.3, 0.4) is 0 Å². The number of nitrogens with zero attached hydrogens (tertiary/aromatic N) is 2. The van der Waals surface area contributed by atoms with Crippen LogP contribution < -0.4 is 10.6 Å². The van der Waals surface area contributed by atoms with Gasteiger partial charge in [0, 0.05) is 52.2 Å². The Balaban J connectivity index is 1.30. The minimum Gasteiger partial charge on any atom is -0.352 e. The van der Waals surface area contributed by atoms with E-state index >= 15 is 0 Å². The van der Waals surface area contributed by atoms with E-state index in [4.69, 9.17) is 0 Å². The first-order valence-electron chi connectivity index (χ1n) is 10.2. The van der Waals surface area contributed by atoms with Gasteiger partial charge >= 0.3 is 0 Å². The molecule has 2 heterocycles. The number of hydrogen-bond donors (Lipinski definition) is 2. The Morgan fingerprint density at radius 2 is 1.72 bits per heavy atom. The lowest BCUT2D eigenvalue weighted by Gasteiger charge is -2.32. The molecule has 156 valence electrons. The SMILES string of the molecule is CN1CCN(Cc2ccc(CNC(=O)CCCNC(=O)c3cccs3)cc2)CC1. The van der Waals surface area contributed by atoms with Crippen LogP contribution in [0.2, 0.25) is 0 Å². The number of amides is 2. The number of hydrogen-bond acceptors (Lipinski definition) is 5.